The van der Waals surface area contributed by atoms with E-state index >= 15 is 0 Å². The summed E-state index contributed by atoms with van der Waals surface area (Å²) in [5.74, 6) is 1.45. The van der Waals surface area contributed by atoms with Gasteiger partial charge in [-0.2, -0.15) is 0 Å². The van der Waals surface area contributed by atoms with E-state index < -0.39 is 0 Å². The predicted octanol–water partition coefficient (Wildman–Crippen LogP) is 7.82. The molecular formula is C32H52N2. The minimum absolute atomic E-state index is 0.586. The third kappa shape index (κ3) is 11.7. The number of hydrogen-bond donors (Lipinski definition) is 2. The molecule has 34 heavy (non-hydrogen) atoms. The number of hydrogen-bond acceptors (Lipinski definition) is 2. The quantitative estimate of drug-likeness (QED) is 0.207. The second-order valence-corrected chi connectivity index (χ2v) is 10.4. The third-order valence-corrected chi connectivity index (χ3v) is 7.45. The van der Waals surface area contributed by atoms with E-state index in [1.54, 1.807) is 0 Å². The first-order valence-electron chi connectivity index (χ1n) is 14.2. The van der Waals surface area contributed by atoms with E-state index in [0.29, 0.717) is 12.1 Å². The second kappa shape index (κ2) is 17.7. The summed E-state index contributed by atoms with van der Waals surface area (Å²) in [5.41, 5.74) is 2.95. The highest BCUT2D eigenvalue weighted by Crippen LogP contribution is 2.19. The molecule has 0 fully saturated rings. The van der Waals surface area contributed by atoms with Crippen molar-refractivity contribution >= 4 is 0 Å². The zero-order valence-electron chi connectivity index (χ0n) is 22.6. The van der Waals surface area contributed by atoms with Crippen LogP contribution in [0, 0.1) is 11.8 Å². The van der Waals surface area contributed by atoms with Gasteiger partial charge < -0.3 is 10.6 Å². The second-order valence-electron chi connectivity index (χ2n) is 10.4. The fourth-order valence-electron chi connectivity index (χ4n) is 5.23. The summed E-state index contributed by atoms with van der Waals surface area (Å²) in [7, 11) is 0. The lowest BCUT2D eigenvalue weighted by molar-refractivity contribution is 0.340. The number of benzene rings is 2. The summed E-state index contributed by atoms with van der Waals surface area (Å²) < 4.78 is 0. The highest BCUT2D eigenvalue weighted by atomic mass is 14.9. The Balaban J connectivity index is 1.57. The average Bonchev–Trinajstić information content (AvgIpc) is 2.86. The normalized spacial score (nSPS) is 15.1. The molecule has 2 nitrogen and oxygen atoms in total. The molecule has 0 saturated carbocycles. The van der Waals surface area contributed by atoms with E-state index in [-0.39, 0.29) is 0 Å². The Morgan fingerprint density at radius 2 is 0.941 bits per heavy atom. The van der Waals surface area contributed by atoms with Crippen molar-refractivity contribution < 1.29 is 0 Å². The highest BCUT2D eigenvalue weighted by molar-refractivity contribution is 5.16. The molecule has 0 heterocycles. The summed E-state index contributed by atoms with van der Waals surface area (Å²) in [6.45, 7) is 11.7. The van der Waals surface area contributed by atoms with Crippen molar-refractivity contribution in [3.8, 4) is 0 Å². The summed E-state index contributed by atoms with van der Waals surface area (Å²) >= 11 is 0. The molecule has 0 spiro atoms. The molecule has 0 radical (unpaired) electrons. The fraction of sp³-hybridized carbons (Fsp3) is 0.625. The van der Waals surface area contributed by atoms with E-state index in [9.17, 15) is 0 Å². The first-order valence-corrected chi connectivity index (χ1v) is 14.2. The monoisotopic (exact) mass is 464 g/mol. The van der Waals surface area contributed by atoms with Gasteiger partial charge in [-0.15, -0.1) is 0 Å². The van der Waals surface area contributed by atoms with Gasteiger partial charge in [-0.05, 0) is 88.4 Å². The molecule has 2 aromatic rings. The molecule has 0 saturated heterocycles. The van der Waals surface area contributed by atoms with Crippen LogP contribution in [0.3, 0.4) is 0 Å². The number of nitrogens with one attached hydrogen (secondary N) is 2. The van der Waals surface area contributed by atoms with Gasteiger partial charge in [-0.3, -0.25) is 0 Å². The highest BCUT2D eigenvalue weighted by Gasteiger charge is 2.17. The molecule has 2 heteroatoms. The Morgan fingerprint density at radius 3 is 1.29 bits per heavy atom. The van der Waals surface area contributed by atoms with Gasteiger partial charge in [-0.1, -0.05) is 100 Å². The molecule has 2 rings (SSSR count). The van der Waals surface area contributed by atoms with Gasteiger partial charge in [0.15, 0.2) is 0 Å². The summed E-state index contributed by atoms with van der Waals surface area (Å²) in [6.07, 6.45) is 12.7. The van der Waals surface area contributed by atoms with E-state index in [0.717, 1.165) is 24.9 Å². The van der Waals surface area contributed by atoms with Crippen LogP contribution in [-0.2, 0) is 12.8 Å². The minimum atomic E-state index is 0.586. The minimum Gasteiger partial charge on any atom is -0.314 e. The first-order chi connectivity index (χ1) is 16.6. The van der Waals surface area contributed by atoms with Crippen LogP contribution in [0.4, 0.5) is 0 Å². The zero-order chi connectivity index (χ0) is 24.4. The topological polar surface area (TPSA) is 24.1 Å². The predicted molar refractivity (Wildman–Crippen MR) is 150 cm³/mol. The van der Waals surface area contributed by atoms with Crippen LogP contribution in [0.2, 0.25) is 0 Å². The summed E-state index contributed by atoms with van der Waals surface area (Å²) in [6, 6.07) is 23.2. The molecule has 4 unspecified atom stereocenters. The van der Waals surface area contributed by atoms with Crippen molar-refractivity contribution in [2.75, 3.05) is 13.1 Å². The van der Waals surface area contributed by atoms with Crippen LogP contribution in [-0.4, -0.2) is 25.2 Å². The molecule has 190 valence electrons. The standard InChI is InChI=1S/C32H52N2/c1-5-17-31(25-29-19-11-9-12-20-29)27(3)33-23-15-7-8-16-24-34-28(4)32(18-6-2)26-30-21-13-10-14-22-30/h9-14,19-22,27-28,31-34H,5-8,15-18,23-26H2,1-4H3. The van der Waals surface area contributed by atoms with Crippen molar-refractivity contribution in [3.63, 3.8) is 0 Å². The largest absolute Gasteiger partial charge is 0.314 e. The average molecular weight is 465 g/mol. The lowest BCUT2D eigenvalue weighted by Crippen LogP contribution is -2.35. The van der Waals surface area contributed by atoms with E-state index in [1.807, 2.05) is 0 Å². The molecule has 4 atom stereocenters. The van der Waals surface area contributed by atoms with Crippen molar-refractivity contribution in [2.24, 2.45) is 11.8 Å². The molecule has 2 aromatic carbocycles. The molecule has 0 aliphatic carbocycles. The van der Waals surface area contributed by atoms with Crippen LogP contribution in [0.25, 0.3) is 0 Å². The molecule has 0 aliphatic rings. The van der Waals surface area contributed by atoms with E-state index in [1.165, 1.54) is 75.3 Å². The molecule has 0 aromatic heterocycles. The molecule has 0 amide bonds. The van der Waals surface area contributed by atoms with Gasteiger partial charge >= 0.3 is 0 Å². The Bertz CT molecular complexity index is 651. The molecule has 0 aliphatic heterocycles. The maximum atomic E-state index is 3.83. The third-order valence-electron chi connectivity index (χ3n) is 7.45. The van der Waals surface area contributed by atoms with E-state index in [4.69, 9.17) is 0 Å². The summed E-state index contributed by atoms with van der Waals surface area (Å²) in [5, 5.41) is 7.67. The van der Waals surface area contributed by atoms with Crippen molar-refractivity contribution in [1.82, 2.24) is 10.6 Å². The van der Waals surface area contributed by atoms with Crippen LogP contribution >= 0.6 is 0 Å². The van der Waals surface area contributed by atoms with Gasteiger partial charge in [0.05, 0.1) is 0 Å². The molecule has 0 bridgehead atoms. The van der Waals surface area contributed by atoms with Gasteiger partial charge in [0.1, 0.15) is 0 Å². The van der Waals surface area contributed by atoms with Crippen molar-refractivity contribution in [1.29, 1.82) is 0 Å². The Labute approximate surface area is 211 Å². The van der Waals surface area contributed by atoms with Gasteiger partial charge in [-0.25, -0.2) is 0 Å². The van der Waals surface area contributed by atoms with Gasteiger partial charge in [0, 0.05) is 12.1 Å². The van der Waals surface area contributed by atoms with Crippen molar-refractivity contribution in [2.45, 2.75) is 104 Å². The fourth-order valence-corrected chi connectivity index (χ4v) is 5.23. The molecular weight excluding hydrogens is 412 g/mol. The van der Waals surface area contributed by atoms with Crippen LogP contribution < -0.4 is 10.6 Å². The maximum absolute atomic E-state index is 3.83. The first kappa shape index (κ1) is 28.6. The van der Waals surface area contributed by atoms with E-state index in [2.05, 4.69) is 99.0 Å². The SMILES string of the molecule is CCCC(Cc1ccccc1)C(C)NCCCCCCNC(C)C(CCC)Cc1ccccc1. The lowest BCUT2D eigenvalue weighted by atomic mass is 9.89. The maximum Gasteiger partial charge on any atom is 0.00701 e. The molecule has 2 N–H and O–H groups in total. The lowest BCUT2D eigenvalue weighted by Gasteiger charge is -2.25. The summed E-state index contributed by atoms with van der Waals surface area (Å²) in [4.78, 5) is 0. The van der Waals surface area contributed by atoms with Crippen LogP contribution in [0.1, 0.15) is 90.2 Å². The van der Waals surface area contributed by atoms with Crippen molar-refractivity contribution in [3.05, 3.63) is 71.8 Å². The van der Waals surface area contributed by atoms with Crippen LogP contribution in [0.15, 0.2) is 60.7 Å². The smallest absolute Gasteiger partial charge is 0.00701 e. The Kier molecular flexibility index (Phi) is 14.9. The number of unbranched alkanes of at least 4 members (excludes halogenated alkanes) is 3. The van der Waals surface area contributed by atoms with Gasteiger partial charge in [0.2, 0.25) is 0 Å². The Morgan fingerprint density at radius 1 is 0.559 bits per heavy atom. The zero-order valence-corrected chi connectivity index (χ0v) is 22.6. The van der Waals surface area contributed by atoms with Gasteiger partial charge in [0.25, 0.3) is 0 Å². The Hall–Kier alpha value is -1.64. The number of rotatable bonds is 19. The van der Waals surface area contributed by atoms with Crippen LogP contribution in [0.5, 0.6) is 0 Å².